The van der Waals surface area contributed by atoms with Crippen LogP contribution >= 0.6 is 11.6 Å². The summed E-state index contributed by atoms with van der Waals surface area (Å²) < 4.78 is 11.1. The van der Waals surface area contributed by atoms with Crippen molar-refractivity contribution < 1.29 is 23.9 Å². The zero-order chi connectivity index (χ0) is 21.7. The van der Waals surface area contributed by atoms with Gasteiger partial charge in [0.25, 0.3) is 11.8 Å². The van der Waals surface area contributed by atoms with E-state index in [1.165, 1.54) is 18.2 Å². The number of rotatable bonds is 7. The number of hydrogen-bond acceptors (Lipinski definition) is 5. The summed E-state index contributed by atoms with van der Waals surface area (Å²) in [7, 11) is 0. The average molecular weight is 427 g/mol. The van der Waals surface area contributed by atoms with Crippen LogP contribution in [0.4, 0.5) is 10.5 Å². The molecule has 0 spiro atoms. The highest BCUT2D eigenvalue weighted by Gasteiger charge is 2.36. The molecule has 0 radical (unpaired) electrons. The van der Waals surface area contributed by atoms with Gasteiger partial charge in [-0.1, -0.05) is 30.3 Å². The lowest BCUT2D eigenvalue weighted by molar-refractivity contribution is -0.122. The number of hydrogen-bond donors (Lipinski definition) is 1. The molecule has 154 valence electrons. The van der Waals surface area contributed by atoms with Gasteiger partial charge in [-0.15, -0.1) is 0 Å². The predicted octanol–water partition coefficient (Wildman–Crippen LogP) is 3.97. The van der Waals surface area contributed by atoms with Gasteiger partial charge in [-0.2, -0.15) is 0 Å². The summed E-state index contributed by atoms with van der Waals surface area (Å²) >= 11 is 5.87. The first-order valence-corrected chi connectivity index (χ1v) is 9.50. The summed E-state index contributed by atoms with van der Waals surface area (Å²) in [5.41, 5.74) is 0.642. The maximum absolute atomic E-state index is 12.9. The van der Waals surface area contributed by atoms with Crippen LogP contribution < -0.4 is 19.7 Å². The molecule has 4 amide bonds. The van der Waals surface area contributed by atoms with Crippen molar-refractivity contribution in [2.24, 2.45) is 0 Å². The normalized spacial score (nSPS) is 15.2. The zero-order valence-electron chi connectivity index (χ0n) is 16.2. The summed E-state index contributed by atoms with van der Waals surface area (Å²) in [6.45, 7) is 6.15. The summed E-state index contributed by atoms with van der Waals surface area (Å²) in [6, 6.07) is 10.3. The Balaban J connectivity index is 1.96. The number of barbiturate groups is 1. The minimum Gasteiger partial charge on any atom is -0.490 e. The molecule has 30 heavy (non-hydrogen) atoms. The molecule has 0 unspecified atom stereocenters. The summed E-state index contributed by atoms with van der Waals surface area (Å²) in [6.07, 6.45) is 3.01. The fraction of sp³-hybridized carbons (Fsp3) is 0.136. The number of nitrogens with one attached hydrogen (secondary N) is 1. The Labute approximate surface area is 178 Å². The van der Waals surface area contributed by atoms with Gasteiger partial charge in [0.05, 0.1) is 12.3 Å². The van der Waals surface area contributed by atoms with E-state index in [4.69, 9.17) is 21.1 Å². The quantitative estimate of drug-likeness (QED) is 0.411. The van der Waals surface area contributed by atoms with Gasteiger partial charge < -0.3 is 9.47 Å². The third-order valence-corrected chi connectivity index (χ3v) is 4.37. The largest absolute Gasteiger partial charge is 0.490 e. The van der Waals surface area contributed by atoms with Gasteiger partial charge in [0.2, 0.25) is 0 Å². The molecule has 0 aromatic heterocycles. The molecule has 8 heteroatoms. The third-order valence-electron chi connectivity index (χ3n) is 4.12. The smallest absolute Gasteiger partial charge is 0.335 e. The Morgan fingerprint density at radius 2 is 1.80 bits per heavy atom. The number of imide groups is 2. The monoisotopic (exact) mass is 426 g/mol. The average Bonchev–Trinajstić information content (AvgIpc) is 2.72. The van der Waals surface area contributed by atoms with Crippen molar-refractivity contribution in [1.82, 2.24) is 5.32 Å². The van der Waals surface area contributed by atoms with Crippen molar-refractivity contribution in [2.75, 3.05) is 18.1 Å². The van der Waals surface area contributed by atoms with Crippen LogP contribution in [0.25, 0.3) is 6.08 Å². The number of ether oxygens (including phenoxy) is 2. The maximum atomic E-state index is 12.9. The number of anilines is 1. The van der Waals surface area contributed by atoms with Crippen LogP contribution in [-0.2, 0) is 9.59 Å². The van der Waals surface area contributed by atoms with Crippen LogP contribution in [-0.4, -0.2) is 31.1 Å². The maximum Gasteiger partial charge on any atom is 0.335 e. The van der Waals surface area contributed by atoms with Gasteiger partial charge in [0, 0.05) is 5.02 Å². The van der Waals surface area contributed by atoms with Crippen LogP contribution in [0.2, 0.25) is 5.02 Å². The van der Waals surface area contributed by atoms with Crippen LogP contribution in [0.5, 0.6) is 11.5 Å². The molecule has 1 fully saturated rings. The van der Waals surface area contributed by atoms with E-state index in [0.717, 1.165) is 4.90 Å². The molecule has 0 atom stereocenters. The molecule has 0 saturated carbocycles. The number of carbonyl (C=O) groups excluding carboxylic acids is 3. The topological polar surface area (TPSA) is 84.9 Å². The Bertz CT molecular complexity index is 1030. The van der Waals surface area contributed by atoms with Gasteiger partial charge >= 0.3 is 6.03 Å². The molecule has 2 aromatic carbocycles. The first kappa shape index (κ1) is 21.1. The molecule has 0 aliphatic carbocycles. The van der Waals surface area contributed by atoms with Crippen molar-refractivity contribution in [3.63, 3.8) is 0 Å². The summed E-state index contributed by atoms with van der Waals surface area (Å²) in [4.78, 5) is 38.4. The van der Waals surface area contributed by atoms with Gasteiger partial charge in [-0.3, -0.25) is 14.9 Å². The molecular weight excluding hydrogens is 408 g/mol. The molecular formula is C22H19ClN2O5. The zero-order valence-corrected chi connectivity index (χ0v) is 16.9. The Hall–Kier alpha value is -3.58. The number of halogens is 1. The highest BCUT2D eigenvalue weighted by atomic mass is 35.5. The van der Waals surface area contributed by atoms with E-state index in [0.29, 0.717) is 41.0 Å². The van der Waals surface area contributed by atoms with Crippen LogP contribution in [0, 0.1) is 0 Å². The first-order valence-electron chi connectivity index (χ1n) is 9.12. The number of benzene rings is 2. The van der Waals surface area contributed by atoms with Crippen molar-refractivity contribution in [1.29, 1.82) is 0 Å². The van der Waals surface area contributed by atoms with Crippen molar-refractivity contribution >= 4 is 41.2 Å². The first-order chi connectivity index (χ1) is 14.4. The molecule has 7 nitrogen and oxygen atoms in total. The molecule has 1 N–H and O–H groups in total. The fourth-order valence-electron chi connectivity index (χ4n) is 2.80. The number of amides is 4. The van der Waals surface area contributed by atoms with E-state index >= 15 is 0 Å². The summed E-state index contributed by atoms with van der Waals surface area (Å²) in [5.74, 6) is -0.546. The van der Waals surface area contributed by atoms with E-state index in [1.54, 1.807) is 36.4 Å². The van der Waals surface area contributed by atoms with E-state index in [-0.39, 0.29) is 5.57 Å². The van der Waals surface area contributed by atoms with E-state index in [1.807, 2.05) is 6.92 Å². The third kappa shape index (κ3) is 4.52. The van der Waals surface area contributed by atoms with Crippen LogP contribution in [0.1, 0.15) is 12.5 Å². The van der Waals surface area contributed by atoms with Gasteiger partial charge in [-0.05, 0) is 55.0 Å². The Kier molecular flexibility index (Phi) is 6.54. The standard InChI is InChI=1S/C22H19ClN2O5/c1-3-11-30-18-10-5-14(13-19(18)29-4-2)12-17-20(26)24-22(28)25(21(17)27)16-8-6-15(23)7-9-16/h3,5-10,12-13H,1,4,11H2,2H3,(H,24,26,28)/b17-12-. The van der Waals surface area contributed by atoms with Crippen LogP contribution in [0.15, 0.2) is 60.7 Å². The second kappa shape index (κ2) is 9.28. The lowest BCUT2D eigenvalue weighted by Gasteiger charge is -2.26. The summed E-state index contributed by atoms with van der Waals surface area (Å²) in [5, 5.41) is 2.64. The molecule has 0 bridgehead atoms. The van der Waals surface area contributed by atoms with Gasteiger partial charge in [0.1, 0.15) is 12.2 Å². The fourth-order valence-corrected chi connectivity index (χ4v) is 2.93. The van der Waals surface area contributed by atoms with E-state index in [9.17, 15) is 14.4 Å². The molecule has 1 aliphatic heterocycles. The van der Waals surface area contributed by atoms with Crippen molar-refractivity contribution in [3.8, 4) is 11.5 Å². The Morgan fingerprint density at radius 3 is 2.47 bits per heavy atom. The lowest BCUT2D eigenvalue weighted by atomic mass is 10.1. The van der Waals surface area contributed by atoms with Crippen molar-refractivity contribution in [2.45, 2.75) is 6.92 Å². The minimum absolute atomic E-state index is 0.188. The second-order valence-corrected chi connectivity index (χ2v) is 6.61. The van der Waals surface area contributed by atoms with E-state index in [2.05, 4.69) is 11.9 Å². The molecule has 1 heterocycles. The van der Waals surface area contributed by atoms with Crippen LogP contribution in [0.3, 0.4) is 0 Å². The second-order valence-electron chi connectivity index (χ2n) is 6.17. The number of nitrogens with zero attached hydrogens (tertiary/aromatic N) is 1. The van der Waals surface area contributed by atoms with Crippen molar-refractivity contribution in [3.05, 3.63) is 71.3 Å². The molecule has 1 saturated heterocycles. The van der Waals surface area contributed by atoms with Gasteiger partial charge in [-0.25, -0.2) is 9.69 Å². The molecule has 3 rings (SSSR count). The highest BCUT2D eigenvalue weighted by molar-refractivity contribution is 6.39. The number of urea groups is 1. The number of carbonyl (C=O) groups is 3. The minimum atomic E-state index is -0.826. The van der Waals surface area contributed by atoms with Gasteiger partial charge in [0.15, 0.2) is 11.5 Å². The lowest BCUT2D eigenvalue weighted by Crippen LogP contribution is -2.54. The van der Waals surface area contributed by atoms with E-state index < -0.39 is 17.8 Å². The Morgan fingerprint density at radius 1 is 1.07 bits per heavy atom. The molecule has 1 aliphatic rings. The SMILES string of the molecule is C=CCOc1ccc(/C=C2/C(=O)NC(=O)N(c3ccc(Cl)cc3)C2=O)cc1OCC. The molecule has 2 aromatic rings. The highest BCUT2D eigenvalue weighted by Crippen LogP contribution is 2.30. The predicted molar refractivity (Wildman–Crippen MR) is 114 cm³/mol.